The van der Waals surface area contributed by atoms with E-state index in [9.17, 15) is 9.59 Å². The van der Waals surface area contributed by atoms with E-state index in [0.29, 0.717) is 17.4 Å². The highest BCUT2D eigenvalue weighted by Gasteiger charge is 2.38. The molecule has 1 aromatic carbocycles. The minimum absolute atomic E-state index is 0.0761. The van der Waals surface area contributed by atoms with Gasteiger partial charge in [-0.15, -0.1) is 0 Å². The van der Waals surface area contributed by atoms with Crippen LogP contribution in [0.2, 0.25) is 0 Å². The minimum Gasteiger partial charge on any atom is -0.338 e. The summed E-state index contributed by atoms with van der Waals surface area (Å²) in [6, 6.07) is 8.21. The standard InChI is InChI=1S/C26H31N3O2/c1-18-11-23(14-27-13-18)26(31)29-16-24(17-29)22-5-2-3-10-28(15-22)25(30)21-9-8-19-6-4-7-20(19)12-21/h8-9,11-14,22,24H,2-7,10,15-17H2,1H3. The average molecular weight is 418 g/mol. The van der Waals surface area contributed by atoms with Crippen molar-refractivity contribution >= 4 is 11.8 Å². The van der Waals surface area contributed by atoms with Crippen molar-refractivity contribution in [3.05, 3.63) is 64.5 Å². The summed E-state index contributed by atoms with van der Waals surface area (Å²) < 4.78 is 0. The first-order valence-electron chi connectivity index (χ1n) is 11.7. The molecule has 2 aliphatic heterocycles. The van der Waals surface area contributed by atoms with Gasteiger partial charge in [0.05, 0.1) is 5.56 Å². The number of carbonyl (C=O) groups excluding carboxylic acids is 2. The average Bonchev–Trinajstić information content (AvgIpc) is 3.08. The second-order valence-corrected chi connectivity index (χ2v) is 9.57. The van der Waals surface area contributed by atoms with E-state index in [2.05, 4.69) is 22.0 Å². The van der Waals surface area contributed by atoms with Gasteiger partial charge in [-0.05, 0) is 85.8 Å². The maximum absolute atomic E-state index is 13.3. The lowest BCUT2D eigenvalue weighted by atomic mass is 9.82. The Morgan fingerprint density at radius 2 is 1.61 bits per heavy atom. The molecule has 1 unspecified atom stereocenters. The summed E-state index contributed by atoms with van der Waals surface area (Å²) in [6.07, 6.45) is 10.2. The summed E-state index contributed by atoms with van der Waals surface area (Å²) in [7, 11) is 0. The molecular formula is C26H31N3O2. The number of nitrogens with zero attached hydrogens (tertiary/aromatic N) is 3. The van der Waals surface area contributed by atoms with Gasteiger partial charge in [-0.1, -0.05) is 12.5 Å². The molecule has 3 heterocycles. The number of rotatable bonds is 3. The van der Waals surface area contributed by atoms with Crippen molar-refractivity contribution in [1.82, 2.24) is 14.8 Å². The van der Waals surface area contributed by atoms with Crippen LogP contribution in [0.4, 0.5) is 0 Å². The quantitative estimate of drug-likeness (QED) is 0.761. The zero-order valence-electron chi connectivity index (χ0n) is 18.3. The maximum atomic E-state index is 13.3. The molecule has 0 bridgehead atoms. The van der Waals surface area contributed by atoms with Crippen molar-refractivity contribution in [3.8, 4) is 0 Å². The summed E-state index contributed by atoms with van der Waals surface area (Å²) in [4.78, 5) is 34.2. The summed E-state index contributed by atoms with van der Waals surface area (Å²) >= 11 is 0. The van der Waals surface area contributed by atoms with Crippen LogP contribution in [0.15, 0.2) is 36.7 Å². The molecule has 3 aliphatic rings. The molecule has 0 N–H and O–H groups in total. The highest BCUT2D eigenvalue weighted by atomic mass is 16.2. The van der Waals surface area contributed by atoms with Gasteiger partial charge in [0.1, 0.15) is 0 Å². The van der Waals surface area contributed by atoms with E-state index in [1.165, 1.54) is 17.5 Å². The van der Waals surface area contributed by atoms with Crippen molar-refractivity contribution in [2.45, 2.75) is 45.4 Å². The van der Waals surface area contributed by atoms with Gasteiger partial charge in [0.25, 0.3) is 11.8 Å². The fourth-order valence-electron chi connectivity index (χ4n) is 5.46. The van der Waals surface area contributed by atoms with Crippen molar-refractivity contribution in [3.63, 3.8) is 0 Å². The van der Waals surface area contributed by atoms with E-state index < -0.39 is 0 Å². The van der Waals surface area contributed by atoms with Gasteiger partial charge in [0.15, 0.2) is 0 Å². The highest BCUT2D eigenvalue weighted by Crippen LogP contribution is 2.32. The van der Waals surface area contributed by atoms with Crippen LogP contribution >= 0.6 is 0 Å². The first-order valence-corrected chi connectivity index (χ1v) is 11.7. The molecule has 1 aliphatic carbocycles. The van der Waals surface area contributed by atoms with Crippen molar-refractivity contribution < 1.29 is 9.59 Å². The molecule has 2 amide bonds. The largest absolute Gasteiger partial charge is 0.338 e. The Balaban J connectivity index is 1.22. The smallest absolute Gasteiger partial charge is 0.255 e. The highest BCUT2D eigenvalue weighted by molar-refractivity contribution is 5.95. The fraction of sp³-hybridized carbons (Fsp3) is 0.500. The SMILES string of the molecule is Cc1cncc(C(=O)N2CC(C3CCCCN(C(=O)c4ccc5c(c4)CCC5)C3)C2)c1. The minimum atomic E-state index is 0.0761. The van der Waals surface area contributed by atoms with Crippen molar-refractivity contribution in [1.29, 1.82) is 0 Å². The molecule has 5 rings (SSSR count). The third-order valence-electron chi connectivity index (χ3n) is 7.33. The van der Waals surface area contributed by atoms with Crippen LogP contribution in [0.25, 0.3) is 0 Å². The van der Waals surface area contributed by atoms with E-state index in [4.69, 9.17) is 0 Å². The molecule has 0 radical (unpaired) electrons. The number of aromatic nitrogens is 1. The van der Waals surface area contributed by atoms with Crippen LogP contribution in [0.5, 0.6) is 0 Å². The number of amides is 2. The second-order valence-electron chi connectivity index (χ2n) is 9.57. The number of hydrogen-bond donors (Lipinski definition) is 0. The number of benzene rings is 1. The lowest BCUT2D eigenvalue weighted by molar-refractivity contribution is 0.0294. The summed E-state index contributed by atoms with van der Waals surface area (Å²) in [6.45, 7) is 5.20. The van der Waals surface area contributed by atoms with E-state index in [1.807, 2.05) is 24.0 Å². The Labute approximate surface area is 184 Å². The van der Waals surface area contributed by atoms with E-state index in [-0.39, 0.29) is 11.8 Å². The van der Waals surface area contributed by atoms with E-state index in [0.717, 1.165) is 69.4 Å². The van der Waals surface area contributed by atoms with Crippen LogP contribution in [0.3, 0.4) is 0 Å². The van der Waals surface area contributed by atoms with Crippen LogP contribution in [0, 0.1) is 18.8 Å². The van der Waals surface area contributed by atoms with Crippen molar-refractivity contribution in [2.75, 3.05) is 26.2 Å². The summed E-state index contributed by atoms with van der Waals surface area (Å²) in [5.41, 5.74) is 5.29. The number of pyridine rings is 1. The monoisotopic (exact) mass is 417 g/mol. The third-order valence-corrected chi connectivity index (χ3v) is 7.33. The summed E-state index contributed by atoms with van der Waals surface area (Å²) in [5, 5.41) is 0. The Bertz CT molecular complexity index is 996. The number of hydrogen-bond acceptors (Lipinski definition) is 3. The van der Waals surface area contributed by atoms with Gasteiger partial charge in [0.2, 0.25) is 0 Å². The lowest BCUT2D eigenvalue weighted by Gasteiger charge is -2.44. The van der Waals surface area contributed by atoms with Crippen molar-refractivity contribution in [2.24, 2.45) is 11.8 Å². The molecule has 0 spiro atoms. The van der Waals surface area contributed by atoms with Gasteiger partial charge in [-0.2, -0.15) is 0 Å². The molecule has 31 heavy (non-hydrogen) atoms. The molecule has 2 aromatic rings. The Morgan fingerprint density at radius 3 is 2.45 bits per heavy atom. The number of aryl methyl sites for hydroxylation is 3. The Kier molecular flexibility index (Phi) is 5.51. The fourth-order valence-corrected chi connectivity index (χ4v) is 5.46. The van der Waals surface area contributed by atoms with Gasteiger partial charge >= 0.3 is 0 Å². The number of likely N-dealkylation sites (tertiary alicyclic amines) is 2. The van der Waals surface area contributed by atoms with Gasteiger partial charge in [-0.25, -0.2) is 0 Å². The molecule has 5 nitrogen and oxygen atoms in total. The molecule has 5 heteroatoms. The predicted octanol–water partition coefficient (Wildman–Crippen LogP) is 3.89. The van der Waals surface area contributed by atoms with Gasteiger partial charge in [0, 0.05) is 44.1 Å². The van der Waals surface area contributed by atoms with Gasteiger partial charge in [-0.3, -0.25) is 14.6 Å². The summed E-state index contributed by atoms with van der Waals surface area (Å²) in [5.74, 6) is 1.21. The maximum Gasteiger partial charge on any atom is 0.255 e. The van der Waals surface area contributed by atoms with Crippen LogP contribution in [0.1, 0.15) is 63.1 Å². The Hall–Kier alpha value is -2.69. The van der Waals surface area contributed by atoms with E-state index in [1.54, 1.807) is 12.4 Å². The predicted molar refractivity (Wildman–Crippen MR) is 120 cm³/mol. The third kappa shape index (κ3) is 4.10. The zero-order chi connectivity index (χ0) is 21.4. The molecule has 1 aromatic heterocycles. The molecule has 162 valence electrons. The molecule has 2 saturated heterocycles. The van der Waals surface area contributed by atoms with E-state index >= 15 is 0 Å². The lowest BCUT2D eigenvalue weighted by Crippen LogP contribution is -2.54. The topological polar surface area (TPSA) is 53.5 Å². The Morgan fingerprint density at radius 1 is 0.839 bits per heavy atom. The zero-order valence-corrected chi connectivity index (χ0v) is 18.3. The second kappa shape index (κ2) is 8.45. The van der Waals surface area contributed by atoms with Gasteiger partial charge < -0.3 is 9.80 Å². The molecule has 2 fully saturated rings. The first kappa shape index (κ1) is 20.2. The number of fused-ring (bicyclic) bond motifs is 1. The van der Waals surface area contributed by atoms with Crippen LogP contribution in [-0.2, 0) is 12.8 Å². The first-order chi connectivity index (χ1) is 15.1. The van der Waals surface area contributed by atoms with Crippen LogP contribution < -0.4 is 0 Å². The molecular weight excluding hydrogens is 386 g/mol. The molecule has 1 atom stereocenters. The number of carbonyl (C=O) groups is 2. The normalized spacial score (nSPS) is 21.4. The van der Waals surface area contributed by atoms with Crippen LogP contribution in [-0.4, -0.2) is 52.8 Å². The molecule has 0 saturated carbocycles.